The number of ketones is 1. The fourth-order valence-electron chi connectivity index (χ4n) is 1.52. The van der Waals surface area contributed by atoms with E-state index in [-0.39, 0.29) is 10.3 Å². The number of carbonyl (C=O) groups is 1. The zero-order chi connectivity index (χ0) is 13.3. The first-order valence-electron chi connectivity index (χ1n) is 5.04. The second kappa shape index (κ2) is 5.08. The third kappa shape index (κ3) is 2.54. The van der Waals surface area contributed by atoms with Crippen molar-refractivity contribution < 1.29 is 9.18 Å². The lowest BCUT2D eigenvalue weighted by Gasteiger charge is -2.06. The van der Waals surface area contributed by atoms with Gasteiger partial charge in [0, 0.05) is 21.8 Å². The molecule has 0 fully saturated rings. The maximum absolute atomic E-state index is 13.1. The summed E-state index contributed by atoms with van der Waals surface area (Å²) in [6, 6.07) is 8.71. The highest BCUT2D eigenvalue weighted by atomic mass is 79.9. The van der Waals surface area contributed by atoms with Crippen molar-refractivity contribution in [3.05, 3.63) is 62.8 Å². The van der Waals surface area contributed by atoms with Gasteiger partial charge in [0.1, 0.15) is 5.82 Å². The highest BCUT2D eigenvalue weighted by Crippen LogP contribution is 2.23. The summed E-state index contributed by atoms with van der Waals surface area (Å²) in [5.74, 6) is -0.721. The lowest BCUT2D eigenvalue weighted by molar-refractivity contribution is 0.103. The smallest absolute Gasteiger partial charge is 0.195 e. The van der Waals surface area contributed by atoms with Crippen LogP contribution in [0.1, 0.15) is 15.9 Å². The van der Waals surface area contributed by atoms with Crippen LogP contribution >= 0.6 is 27.5 Å². The Morgan fingerprint density at radius 2 is 1.94 bits per heavy atom. The molecule has 0 aliphatic carbocycles. The van der Waals surface area contributed by atoms with Crippen LogP contribution in [0.3, 0.4) is 0 Å². The average molecular weight is 329 g/mol. The first kappa shape index (κ1) is 13.1. The predicted molar refractivity (Wildman–Crippen MR) is 73.4 cm³/mol. The number of benzene rings is 2. The van der Waals surface area contributed by atoms with Gasteiger partial charge in [0.05, 0.1) is 4.47 Å². The van der Waals surface area contributed by atoms with Gasteiger partial charge in [-0.1, -0.05) is 11.6 Å². The van der Waals surface area contributed by atoms with Crippen molar-refractivity contribution in [2.75, 3.05) is 5.73 Å². The van der Waals surface area contributed by atoms with Gasteiger partial charge in [-0.3, -0.25) is 4.79 Å². The minimum Gasteiger partial charge on any atom is -0.398 e. The van der Waals surface area contributed by atoms with E-state index in [1.54, 1.807) is 12.1 Å². The highest BCUT2D eigenvalue weighted by molar-refractivity contribution is 9.10. The molecule has 0 amide bonds. The number of hydrogen-bond acceptors (Lipinski definition) is 2. The Bertz CT molecular complexity index is 630. The van der Waals surface area contributed by atoms with E-state index in [9.17, 15) is 9.18 Å². The topological polar surface area (TPSA) is 43.1 Å². The molecule has 0 bridgehead atoms. The molecule has 5 heteroatoms. The van der Waals surface area contributed by atoms with Crippen molar-refractivity contribution in [2.45, 2.75) is 0 Å². The van der Waals surface area contributed by atoms with Crippen LogP contribution in [0.2, 0.25) is 5.02 Å². The van der Waals surface area contributed by atoms with Crippen LogP contribution < -0.4 is 5.73 Å². The molecule has 0 aliphatic heterocycles. The van der Waals surface area contributed by atoms with Gasteiger partial charge in [0.2, 0.25) is 0 Å². The quantitative estimate of drug-likeness (QED) is 0.667. The molecule has 2 aromatic rings. The van der Waals surface area contributed by atoms with Crippen LogP contribution in [-0.4, -0.2) is 5.78 Å². The molecule has 0 heterocycles. The molecular weight excluding hydrogens is 321 g/mol. The summed E-state index contributed by atoms with van der Waals surface area (Å²) in [7, 11) is 0. The number of hydrogen-bond donors (Lipinski definition) is 1. The fourth-order valence-corrected chi connectivity index (χ4v) is 2.07. The summed E-state index contributed by atoms with van der Waals surface area (Å²) in [4.78, 5) is 12.2. The van der Waals surface area contributed by atoms with Crippen molar-refractivity contribution in [2.24, 2.45) is 0 Å². The molecule has 2 N–H and O–H groups in total. The molecule has 0 spiro atoms. The molecule has 0 saturated heterocycles. The first-order valence-corrected chi connectivity index (χ1v) is 6.21. The molecule has 0 saturated carbocycles. The molecule has 0 aromatic heterocycles. The van der Waals surface area contributed by atoms with E-state index in [0.717, 1.165) is 0 Å². The van der Waals surface area contributed by atoms with Crippen LogP contribution in [0.15, 0.2) is 40.9 Å². The summed E-state index contributed by atoms with van der Waals surface area (Å²) < 4.78 is 13.3. The number of rotatable bonds is 2. The van der Waals surface area contributed by atoms with Gasteiger partial charge < -0.3 is 5.73 Å². The molecule has 0 aliphatic rings. The summed E-state index contributed by atoms with van der Waals surface area (Å²) in [6.07, 6.45) is 0. The zero-order valence-electron chi connectivity index (χ0n) is 9.08. The van der Waals surface area contributed by atoms with E-state index in [1.165, 1.54) is 24.3 Å². The first-order chi connectivity index (χ1) is 8.49. The number of halogens is 3. The Morgan fingerprint density at radius 1 is 1.22 bits per heavy atom. The summed E-state index contributed by atoms with van der Waals surface area (Å²) in [6.45, 7) is 0. The predicted octanol–water partition coefficient (Wildman–Crippen LogP) is 4.05. The minimum atomic E-state index is -0.425. The maximum Gasteiger partial charge on any atom is 0.195 e. The fraction of sp³-hybridized carbons (Fsp3) is 0. The van der Waals surface area contributed by atoms with E-state index in [4.69, 9.17) is 17.3 Å². The lowest BCUT2D eigenvalue weighted by Crippen LogP contribution is -2.05. The van der Waals surface area contributed by atoms with E-state index >= 15 is 0 Å². The van der Waals surface area contributed by atoms with Crippen molar-refractivity contribution in [1.82, 2.24) is 0 Å². The SMILES string of the molecule is Nc1ccc(Cl)cc1C(=O)c1ccc(F)c(Br)c1. The molecule has 18 heavy (non-hydrogen) atoms. The van der Waals surface area contributed by atoms with Gasteiger partial charge in [-0.15, -0.1) is 0 Å². The van der Waals surface area contributed by atoms with Gasteiger partial charge in [-0.25, -0.2) is 4.39 Å². The lowest BCUT2D eigenvalue weighted by atomic mass is 10.0. The molecular formula is C13H8BrClFNO. The molecule has 2 rings (SSSR count). The highest BCUT2D eigenvalue weighted by Gasteiger charge is 2.14. The zero-order valence-corrected chi connectivity index (χ0v) is 11.4. The standard InChI is InChI=1S/C13H8BrClFNO/c14-10-5-7(1-3-11(10)16)13(18)9-6-8(15)2-4-12(9)17/h1-6H,17H2. The van der Waals surface area contributed by atoms with Crippen LogP contribution in [0.4, 0.5) is 10.1 Å². The third-order valence-corrected chi connectivity index (χ3v) is 3.28. The molecule has 92 valence electrons. The summed E-state index contributed by atoms with van der Waals surface area (Å²) in [5, 5.41) is 0.425. The van der Waals surface area contributed by atoms with Crippen LogP contribution in [0.25, 0.3) is 0 Å². The number of nitrogen functional groups attached to an aromatic ring is 1. The second-order valence-corrected chi connectivity index (χ2v) is 4.98. The van der Waals surface area contributed by atoms with E-state index in [2.05, 4.69) is 15.9 Å². The summed E-state index contributed by atoms with van der Waals surface area (Å²) >= 11 is 8.86. The Kier molecular flexibility index (Phi) is 3.68. The molecule has 2 nitrogen and oxygen atoms in total. The van der Waals surface area contributed by atoms with Gasteiger partial charge in [0.15, 0.2) is 5.78 Å². The largest absolute Gasteiger partial charge is 0.398 e. The van der Waals surface area contributed by atoms with Crippen molar-refractivity contribution >= 4 is 39.0 Å². The molecule has 0 atom stereocenters. The Labute approximate surface area is 117 Å². The van der Waals surface area contributed by atoms with Crippen molar-refractivity contribution in [1.29, 1.82) is 0 Å². The molecule has 0 unspecified atom stereocenters. The summed E-state index contributed by atoms with van der Waals surface area (Å²) in [5.41, 5.74) is 6.72. The minimum absolute atomic E-state index is 0.231. The van der Waals surface area contributed by atoms with E-state index < -0.39 is 5.82 Å². The Morgan fingerprint density at radius 3 is 2.61 bits per heavy atom. The average Bonchev–Trinajstić information content (AvgIpc) is 2.35. The number of anilines is 1. The van der Waals surface area contributed by atoms with Crippen molar-refractivity contribution in [3.8, 4) is 0 Å². The van der Waals surface area contributed by atoms with Crippen LogP contribution in [0, 0.1) is 5.82 Å². The maximum atomic E-state index is 13.1. The van der Waals surface area contributed by atoms with Crippen LogP contribution in [-0.2, 0) is 0 Å². The van der Waals surface area contributed by atoms with E-state index in [1.807, 2.05) is 0 Å². The number of carbonyl (C=O) groups excluding carboxylic acids is 1. The van der Waals surface area contributed by atoms with Crippen LogP contribution in [0.5, 0.6) is 0 Å². The molecule has 2 aromatic carbocycles. The van der Waals surface area contributed by atoms with Crippen molar-refractivity contribution in [3.63, 3.8) is 0 Å². The van der Waals surface area contributed by atoms with Gasteiger partial charge >= 0.3 is 0 Å². The number of nitrogens with two attached hydrogens (primary N) is 1. The monoisotopic (exact) mass is 327 g/mol. The van der Waals surface area contributed by atoms with Gasteiger partial charge in [-0.2, -0.15) is 0 Å². The van der Waals surface area contributed by atoms with Gasteiger partial charge in [0.25, 0.3) is 0 Å². The van der Waals surface area contributed by atoms with Gasteiger partial charge in [-0.05, 0) is 52.3 Å². The molecule has 0 radical (unpaired) electrons. The Hall–Kier alpha value is -1.39. The third-order valence-electron chi connectivity index (χ3n) is 2.44. The Balaban J connectivity index is 2.47. The second-order valence-electron chi connectivity index (χ2n) is 3.69. The van der Waals surface area contributed by atoms with E-state index in [0.29, 0.717) is 21.8 Å². The normalized spacial score (nSPS) is 10.4.